The van der Waals surface area contributed by atoms with Gasteiger partial charge in [0.2, 0.25) is 5.92 Å². The van der Waals surface area contributed by atoms with Crippen molar-refractivity contribution in [3.05, 3.63) is 54.4 Å². The molecule has 1 saturated carbocycles. The lowest BCUT2D eigenvalue weighted by Crippen LogP contribution is -2.60. The van der Waals surface area contributed by atoms with Crippen LogP contribution in [0.25, 0.3) is 0 Å². The fourth-order valence-corrected chi connectivity index (χ4v) is 4.66. The molecule has 1 aromatic carbocycles. The van der Waals surface area contributed by atoms with Crippen molar-refractivity contribution in [1.29, 1.82) is 0 Å². The highest BCUT2D eigenvalue weighted by atomic mass is 35.5. The molecule has 1 aromatic heterocycles. The summed E-state index contributed by atoms with van der Waals surface area (Å²) in [6, 6.07) is 6.70. The summed E-state index contributed by atoms with van der Waals surface area (Å²) in [5, 5.41) is 2.67. The van der Waals surface area contributed by atoms with E-state index in [0.717, 1.165) is 29.2 Å². The first-order valence-corrected chi connectivity index (χ1v) is 12.1. The van der Waals surface area contributed by atoms with Gasteiger partial charge in [0.25, 0.3) is 17.4 Å². The van der Waals surface area contributed by atoms with Crippen LogP contribution >= 0.6 is 23.4 Å². The zero-order chi connectivity index (χ0) is 26.7. The third-order valence-electron chi connectivity index (χ3n) is 5.90. The first kappa shape index (κ1) is 28.1. The average Bonchev–Trinajstić information content (AvgIpc) is 2.81. The highest BCUT2D eigenvalue weighted by molar-refractivity contribution is 8.00. The highest BCUT2D eigenvalue weighted by Crippen LogP contribution is 2.40. The third kappa shape index (κ3) is 6.64. The van der Waals surface area contributed by atoms with Crippen LogP contribution in [0.1, 0.15) is 38.2 Å². The van der Waals surface area contributed by atoms with Crippen LogP contribution in [0.3, 0.4) is 0 Å². The second kappa shape index (κ2) is 10.9. The number of pyridine rings is 1. The number of aromatic nitrogens is 1. The van der Waals surface area contributed by atoms with Gasteiger partial charge in [0, 0.05) is 47.4 Å². The molecule has 0 spiro atoms. The number of hydrogen-bond donors (Lipinski definition) is 1. The lowest BCUT2D eigenvalue weighted by atomic mass is 9.87. The van der Waals surface area contributed by atoms with Crippen LogP contribution in [-0.2, 0) is 15.1 Å². The molecule has 3 rings (SSSR count). The average molecular weight is 554 g/mol. The molecule has 0 radical (unpaired) electrons. The van der Waals surface area contributed by atoms with Crippen molar-refractivity contribution in [2.24, 2.45) is 0 Å². The second-order valence-corrected chi connectivity index (χ2v) is 9.96. The molecule has 1 heterocycles. The summed E-state index contributed by atoms with van der Waals surface area (Å²) in [6.45, 7) is 1.30. The van der Waals surface area contributed by atoms with Gasteiger partial charge in [-0.15, -0.1) is 0 Å². The standard InChI is InChI=1S/C23H22ClF6N3O2S/c1-21(14-3-2-12-31-13-14,20(35)32-15-8-10-22(26,27)11-9-15)33(19(34)18(24)25)16-4-6-17(7-5-16)36-23(28,29)30/h2-7,12-13,15,18H,8-11H2,1H3,(H,32,35)/t18-,21-/m0/s1. The van der Waals surface area contributed by atoms with Gasteiger partial charge in [0.05, 0.1) is 0 Å². The smallest absolute Gasteiger partial charge is 0.351 e. The van der Waals surface area contributed by atoms with Crippen molar-refractivity contribution in [2.45, 2.75) is 66.1 Å². The number of amides is 2. The maximum atomic E-state index is 14.2. The SMILES string of the molecule is C[C@@](C(=O)NC1CCC(F)(F)CC1)(c1cccnc1)N(C(=O)[C@H](F)Cl)c1ccc(SC(F)(F)F)cc1. The lowest BCUT2D eigenvalue weighted by molar-refractivity contribution is -0.132. The van der Waals surface area contributed by atoms with Crippen molar-refractivity contribution in [3.63, 3.8) is 0 Å². The van der Waals surface area contributed by atoms with Crippen molar-refractivity contribution >= 4 is 40.9 Å². The lowest BCUT2D eigenvalue weighted by Gasteiger charge is -2.41. The Morgan fingerprint density at radius 2 is 1.78 bits per heavy atom. The van der Waals surface area contributed by atoms with Gasteiger partial charge in [-0.25, -0.2) is 13.2 Å². The van der Waals surface area contributed by atoms with Gasteiger partial charge in [-0.2, -0.15) is 13.2 Å². The molecule has 2 amide bonds. The number of thioether (sulfide) groups is 1. The van der Waals surface area contributed by atoms with Gasteiger partial charge in [-0.1, -0.05) is 17.7 Å². The zero-order valence-corrected chi connectivity index (χ0v) is 20.4. The molecule has 13 heteroatoms. The molecule has 1 N–H and O–H groups in total. The summed E-state index contributed by atoms with van der Waals surface area (Å²) in [7, 11) is 0. The number of alkyl halides is 7. The molecular weight excluding hydrogens is 532 g/mol. The Morgan fingerprint density at radius 1 is 1.17 bits per heavy atom. The quantitative estimate of drug-likeness (QED) is 0.253. The molecule has 196 valence electrons. The van der Waals surface area contributed by atoms with Gasteiger partial charge in [0.15, 0.2) is 5.54 Å². The van der Waals surface area contributed by atoms with E-state index >= 15 is 0 Å². The van der Waals surface area contributed by atoms with Gasteiger partial charge in [-0.3, -0.25) is 19.5 Å². The molecule has 2 atom stereocenters. The Bertz CT molecular complexity index is 1060. The summed E-state index contributed by atoms with van der Waals surface area (Å²) in [4.78, 5) is 31.2. The van der Waals surface area contributed by atoms with Gasteiger partial charge in [0.1, 0.15) is 0 Å². The van der Waals surface area contributed by atoms with E-state index in [1.54, 1.807) is 0 Å². The number of rotatable bonds is 7. The molecule has 0 aliphatic heterocycles. The Hall–Kier alpha value is -2.47. The van der Waals surface area contributed by atoms with Crippen LogP contribution < -0.4 is 10.2 Å². The van der Waals surface area contributed by atoms with Gasteiger partial charge < -0.3 is 5.32 Å². The van der Waals surface area contributed by atoms with Crippen molar-refractivity contribution in [1.82, 2.24) is 10.3 Å². The maximum Gasteiger partial charge on any atom is 0.446 e. The molecule has 0 saturated heterocycles. The Morgan fingerprint density at radius 3 is 2.28 bits per heavy atom. The van der Waals surface area contributed by atoms with Gasteiger partial charge in [-0.05, 0) is 61.9 Å². The number of nitrogens with zero attached hydrogens (tertiary/aromatic N) is 2. The predicted octanol–water partition coefficient (Wildman–Crippen LogP) is 6.17. The normalized spacial score (nSPS) is 18.7. The van der Waals surface area contributed by atoms with E-state index in [-0.39, 0.29) is 40.7 Å². The highest BCUT2D eigenvalue weighted by Gasteiger charge is 2.48. The van der Waals surface area contributed by atoms with Crippen LogP contribution in [0.5, 0.6) is 0 Å². The van der Waals surface area contributed by atoms with Crippen molar-refractivity contribution in [2.75, 3.05) is 4.90 Å². The van der Waals surface area contributed by atoms with E-state index in [2.05, 4.69) is 10.3 Å². The number of nitrogens with one attached hydrogen (secondary N) is 1. The minimum Gasteiger partial charge on any atom is -0.351 e. The molecular formula is C23H22ClF6N3O2S. The van der Waals surface area contributed by atoms with E-state index < -0.39 is 53.3 Å². The number of carbonyl (C=O) groups is 2. The summed E-state index contributed by atoms with van der Waals surface area (Å²) >= 11 is 5.09. The molecule has 0 bridgehead atoms. The minimum absolute atomic E-state index is 0.0135. The Labute approximate surface area is 212 Å². The monoisotopic (exact) mass is 553 g/mol. The molecule has 0 unspecified atom stereocenters. The fourth-order valence-electron chi connectivity index (χ4n) is 4.02. The molecule has 36 heavy (non-hydrogen) atoms. The molecule has 1 fully saturated rings. The predicted molar refractivity (Wildman–Crippen MR) is 124 cm³/mol. The number of benzene rings is 1. The molecule has 1 aliphatic carbocycles. The topological polar surface area (TPSA) is 62.3 Å². The van der Waals surface area contributed by atoms with Crippen LogP contribution in [0.2, 0.25) is 0 Å². The van der Waals surface area contributed by atoms with Crippen LogP contribution in [0.4, 0.5) is 32.0 Å². The first-order chi connectivity index (χ1) is 16.7. The molecule has 2 aromatic rings. The Kier molecular flexibility index (Phi) is 8.49. The summed E-state index contributed by atoms with van der Waals surface area (Å²) in [5.41, 5.74) is -9.10. The third-order valence-corrected chi connectivity index (χ3v) is 6.83. The van der Waals surface area contributed by atoms with Crippen LogP contribution in [-0.4, -0.2) is 39.9 Å². The van der Waals surface area contributed by atoms with E-state index in [9.17, 15) is 35.9 Å². The van der Waals surface area contributed by atoms with E-state index in [0.29, 0.717) is 0 Å². The first-order valence-electron chi connectivity index (χ1n) is 10.8. The van der Waals surface area contributed by atoms with Crippen LogP contribution in [0.15, 0.2) is 53.7 Å². The molecule has 1 aliphatic rings. The maximum absolute atomic E-state index is 14.2. The van der Waals surface area contributed by atoms with Crippen LogP contribution in [0, 0.1) is 0 Å². The van der Waals surface area contributed by atoms with E-state index in [1.807, 2.05) is 0 Å². The van der Waals surface area contributed by atoms with Crippen molar-refractivity contribution < 1.29 is 35.9 Å². The largest absolute Gasteiger partial charge is 0.446 e. The molecule has 5 nitrogen and oxygen atoms in total. The second-order valence-electron chi connectivity index (χ2n) is 8.43. The summed E-state index contributed by atoms with van der Waals surface area (Å²) in [5.74, 6) is -5.00. The zero-order valence-electron chi connectivity index (χ0n) is 18.9. The number of carbonyl (C=O) groups excluding carboxylic acids is 2. The van der Waals surface area contributed by atoms with E-state index in [1.165, 1.54) is 31.5 Å². The fraction of sp³-hybridized carbons (Fsp3) is 0.435. The van der Waals surface area contributed by atoms with Gasteiger partial charge >= 0.3 is 5.51 Å². The minimum atomic E-state index is -4.56. The summed E-state index contributed by atoms with van der Waals surface area (Å²) in [6.07, 6.45) is 1.78. The van der Waals surface area contributed by atoms with Crippen molar-refractivity contribution in [3.8, 4) is 0 Å². The number of halogens is 7. The number of anilines is 1. The van der Waals surface area contributed by atoms with E-state index in [4.69, 9.17) is 11.6 Å². The Balaban J connectivity index is 2.04. The number of hydrogen-bond acceptors (Lipinski definition) is 4. The summed E-state index contributed by atoms with van der Waals surface area (Å²) < 4.78 is 79.6.